The van der Waals surface area contributed by atoms with Crippen molar-refractivity contribution in [2.24, 2.45) is 0 Å². The molecule has 0 radical (unpaired) electrons. The molecule has 0 saturated heterocycles. The first-order valence-electron chi connectivity index (χ1n) is 8.53. The molecule has 0 saturated carbocycles. The van der Waals surface area contributed by atoms with E-state index < -0.39 is 0 Å². The Labute approximate surface area is 127 Å². The SMILES string of the molecule is CCC(C)c1ccc2c(c1)=C1CC3=CCCCC3=C1CC=2. The minimum absolute atomic E-state index is 0.664. The van der Waals surface area contributed by atoms with Crippen LogP contribution in [0.1, 0.15) is 63.9 Å². The zero-order chi connectivity index (χ0) is 14.4. The molecule has 0 aliphatic heterocycles. The summed E-state index contributed by atoms with van der Waals surface area (Å²) in [7, 11) is 0. The van der Waals surface area contributed by atoms with Crippen LogP contribution in [0.15, 0.2) is 41.0 Å². The van der Waals surface area contributed by atoms with Gasteiger partial charge in [-0.1, -0.05) is 44.2 Å². The first-order valence-corrected chi connectivity index (χ1v) is 8.53. The molecule has 108 valence electrons. The summed E-state index contributed by atoms with van der Waals surface area (Å²) in [5.41, 5.74) is 8.14. The summed E-state index contributed by atoms with van der Waals surface area (Å²) in [4.78, 5) is 0. The predicted molar refractivity (Wildman–Crippen MR) is 90.5 cm³/mol. The number of benzene rings is 1. The Balaban J connectivity index is 1.94. The third kappa shape index (κ3) is 2.04. The lowest BCUT2D eigenvalue weighted by atomic mass is 9.90. The van der Waals surface area contributed by atoms with Crippen LogP contribution in [0, 0.1) is 0 Å². The fourth-order valence-electron chi connectivity index (χ4n) is 4.11. The van der Waals surface area contributed by atoms with Gasteiger partial charge in [-0.05, 0) is 82.7 Å². The van der Waals surface area contributed by atoms with Crippen molar-refractivity contribution in [3.8, 4) is 0 Å². The van der Waals surface area contributed by atoms with Crippen LogP contribution in [0.5, 0.6) is 0 Å². The van der Waals surface area contributed by atoms with Gasteiger partial charge in [0.2, 0.25) is 0 Å². The number of hydrogen-bond donors (Lipinski definition) is 0. The van der Waals surface area contributed by atoms with Crippen molar-refractivity contribution < 1.29 is 0 Å². The van der Waals surface area contributed by atoms with Crippen molar-refractivity contribution in [2.75, 3.05) is 0 Å². The molecule has 0 amide bonds. The van der Waals surface area contributed by atoms with Gasteiger partial charge in [-0.15, -0.1) is 0 Å². The molecule has 21 heavy (non-hydrogen) atoms. The van der Waals surface area contributed by atoms with E-state index >= 15 is 0 Å². The smallest absolute Gasteiger partial charge is 0.00170 e. The van der Waals surface area contributed by atoms with Crippen LogP contribution in [0.3, 0.4) is 0 Å². The molecule has 0 spiro atoms. The third-order valence-corrected chi connectivity index (χ3v) is 5.62. The highest BCUT2D eigenvalue weighted by molar-refractivity contribution is 5.80. The van der Waals surface area contributed by atoms with Crippen molar-refractivity contribution in [2.45, 2.75) is 58.3 Å². The van der Waals surface area contributed by atoms with Crippen LogP contribution in [0.25, 0.3) is 11.6 Å². The van der Waals surface area contributed by atoms with E-state index in [4.69, 9.17) is 0 Å². The molecule has 1 aromatic rings. The van der Waals surface area contributed by atoms with Crippen molar-refractivity contribution >= 4 is 11.6 Å². The van der Waals surface area contributed by atoms with Crippen LogP contribution >= 0.6 is 0 Å². The molecular weight excluding hydrogens is 252 g/mol. The molecule has 0 nitrogen and oxygen atoms in total. The summed E-state index contributed by atoms with van der Waals surface area (Å²) < 4.78 is 0. The van der Waals surface area contributed by atoms with Crippen molar-refractivity contribution in [1.82, 2.24) is 0 Å². The quantitative estimate of drug-likeness (QED) is 0.753. The van der Waals surface area contributed by atoms with Gasteiger partial charge in [0.15, 0.2) is 0 Å². The van der Waals surface area contributed by atoms with E-state index in [2.05, 4.69) is 44.2 Å². The fraction of sp³-hybridized carbons (Fsp3) is 0.429. The Morgan fingerprint density at radius 1 is 1.10 bits per heavy atom. The van der Waals surface area contributed by atoms with E-state index in [1.54, 1.807) is 22.3 Å². The maximum absolute atomic E-state index is 2.50. The second-order valence-corrected chi connectivity index (χ2v) is 6.80. The molecule has 0 N–H and O–H groups in total. The second kappa shape index (κ2) is 5.02. The van der Waals surface area contributed by atoms with Crippen LogP contribution in [-0.2, 0) is 0 Å². The Hall–Kier alpha value is -1.56. The maximum Gasteiger partial charge on any atom is -0.00170 e. The molecule has 0 bridgehead atoms. The van der Waals surface area contributed by atoms with Crippen LogP contribution < -0.4 is 10.4 Å². The molecule has 1 aromatic carbocycles. The zero-order valence-corrected chi connectivity index (χ0v) is 13.2. The number of rotatable bonds is 2. The second-order valence-electron chi connectivity index (χ2n) is 6.80. The molecule has 4 rings (SSSR count). The standard InChI is InChI=1S/C21H24/c1-3-14(2)16-9-8-15-10-11-19-18-7-5-4-6-17(18)13-21(19)20(15)12-16/h6,8-10,12,14H,3-5,7,11,13H2,1-2H3. The Morgan fingerprint density at radius 3 is 2.86 bits per heavy atom. The monoisotopic (exact) mass is 276 g/mol. The summed E-state index contributed by atoms with van der Waals surface area (Å²) in [5.74, 6) is 0.664. The van der Waals surface area contributed by atoms with E-state index in [9.17, 15) is 0 Å². The van der Waals surface area contributed by atoms with Gasteiger partial charge >= 0.3 is 0 Å². The Bertz CT molecular complexity index is 771. The van der Waals surface area contributed by atoms with Crippen LogP contribution in [-0.4, -0.2) is 0 Å². The molecule has 0 heterocycles. The summed E-state index contributed by atoms with van der Waals surface area (Å²) in [6.45, 7) is 4.63. The highest BCUT2D eigenvalue weighted by Crippen LogP contribution is 2.43. The molecule has 0 fully saturated rings. The summed E-state index contributed by atoms with van der Waals surface area (Å²) in [6, 6.07) is 7.16. The van der Waals surface area contributed by atoms with Crippen molar-refractivity contribution in [1.29, 1.82) is 0 Å². The highest BCUT2D eigenvalue weighted by Gasteiger charge is 2.26. The van der Waals surface area contributed by atoms with Gasteiger partial charge in [0.25, 0.3) is 0 Å². The Morgan fingerprint density at radius 2 is 2.00 bits per heavy atom. The van der Waals surface area contributed by atoms with E-state index in [1.165, 1.54) is 48.1 Å². The summed E-state index contributed by atoms with van der Waals surface area (Å²) in [5, 5.41) is 2.98. The minimum atomic E-state index is 0.664. The lowest BCUT2D eigenvalue weighted by molar-refractivity contribution is 0.732. The van der Waals surface area contributed by atoms with Gasteiger partial charge in [0.05, 0.1) is 0 Å². The normalized spacial score (nSPS) is 21.2. The average molecular weight is 276 g/mol. The highest BCUT2D eigenvalue weighted by atomic mass is 14.3. The Kier molecular flexibility index (Phi) is 3.14. The largest absolute Gasteiger partial charge is 0.0807 e. The van der Waals surface area contributed by atoms with E-state index in [-0.39, 0.29) is 0 Å². The lowest BCUT2D eigenvalue weighted by Gasteiger charge is -2.15. The van der Waals surface area contributed by atoms with Gasteiger partial charge < -0.3 is 0 Å². The summed E-state index contributed by atoms with van der Waals surface area (Å²) >= 11 is 0. The first-order chi connectivity index (χ1) is 10.3. The number of hydrogen-bond acceptors (Lipinski definition) is 0. The maximum atomic E-state index is 2.50. The van der Waals surface area contributed by atoms with Crippen molar-refractivity contribution in [3.63, 3.8) is 0 Å². The average Bonchev–Trinajstić information content (AvgIpc) is 2.92. The molecule has 3 aliphatic carbocycles. The molecule has 1 atom stereocenters. The zero-order valence-electron chi connectivity index (χ0n) is 13.2. The molecule has 1 unspecified atom stereocenters. The van der Waals surface area contributed by atoms with Gasteiger partial charge in [-0.25, -0.2) is 0 Å². The third-order valence-electron chi connectivity index (χ3n) is 5.62. The van der Waals surface area contributed by atoms with Gasteiger partial charge in [0, 0.05) is 0 Å². The molecule has 3 aliphatic rings. The van der Waals surface area contributed by atoms with Crippen LogP contribution in [0.2, 0.25) is 0 Å². The molecular formula is C21H24. The topological polar surface area (TPSA) is 0 Å². The minimum Gasteiger partial charge on any atom is -0.0807 e. The van der Waals surface area contributed by atoms with Crippen LogP contribution in [0.4, 0.5) is 0 Å². The lowest BCUT2D eigenvalue weighted by Crippen LogP contribution is -2.30. The van der Waals surface area contributed by atoms with E-state index in [0.717, 1.165) is 6.42 Å². The molecule has 0 aromatic heterocycles. The predicted octanol–water partition coefficient (Wildman–Crippen LogP) is 4.35. The number of allylic oxidation sites excluding steroid dienone is 4. The molecule has 0 heteroatoms. The van der Waals surface area contributed by atoms with Gasteiger partial charge in [-0.2, -0.15) is 0 Å². The number of fused-ring (bicyclic) bond motifs is 3. The fourth-order valence-corrected chi connectivity index (χ4v) is 4.11. The van der Waals surface area contributed by atoms with Gasteiger partial charge in [-0.3, -0.25) is 0 Å². The van der Waals surface area contributed by atoms with E-state index in [1.807, 2.05) is 0 Å². The first kappa shape index (κ1) is 13.1. The van der Waals surface area contributed by atoms with Gasteiger partial charge in [0.1, 0.15) is 0 Å². The van der Waals surface area contributed by atoms with Crippen molar-refractivity contribution in [3.05, 3.63) is 57.0 Å². The van der Waals surface area contributed by atoms with E-state index in [0.29, 0.717) is 5.92 Å². The summed E-state index contributed by atoms with van der Waals surface area (Å²) in [6.07, 6.45) is 12.4.